The van der Waals surface area contributed by atoms with Gasteiger partial charge in [-0.2, -0.15) is 0 Å². The molecule has 0 spiro atoms. The summed E-state index contributed by atoms with van der Waals surface area (Å²) in [5, 5.41) is 30.0. The average Bonchev–Trinajstić information content (AvgIpc) is 2.71. The van der Waals surface area contributed by atoms with E-state index in [9.17, 15) is 24.2 Å². The maximum Gasteiger partial charge on any atom is 0.337 e. The number of β-amino-alcohol motifs (C(OH)–C–C–N with tert-alkyl or cyclic N) is 2. The second-order valence-electron chi connectivity index (χ2n) is 4.46. The number of likely N-dealkylation sites (tertiary alicyclic amines) is 1. The van der Waals surface area contributed by atoms with Gasteiger partial charge < -0.3 is 25.5 Å². The molecule has 8 heteroatoms. The predicted molar refractivity (Wildman–Crippen MR) is 66.0 cm³/mol. The summed E-state index contributed by atoms with van der Waals surface area (Å²) >= 11 is 0. The zero-order valence-corrected chi connectivity index (χ0v) is 10.3. The van der Waals surface area contributed by atoms with Crippen molar-refractivity contribution in [3.05, 3.63) is 29.6 Å². The molecule has 0 radical (unpaired) electrons. The zero-order valence-electron chi connectivity index (χ0n) is 10.3. The van der Waals surface area contributed by atoms with Crippen molar-refractivity contribution >= 4 is 17.7 Å². The van der Waals surface area contributed by atoms with Gasteiger partial charge in [0.25, 0.3) is 0 Å². The Morgan fingerprint density at radius 3 is 2.40 bits per heavy atom. The third-order valence-corrected chi connectivity index (χ3v) is 3.00. The summed E-state index contributed by atoms with van der Waals surface area (Å²) < 4.78 is 13.0. The van der Waals surface area contributed by atoms with E-state index in [0.29, 0.717) is 0 Å². The van der Waals surface area contributed by atoms with Crippen LogP contribution in [0.5, 0.6) is 0 Å². The number of urea groups is 1. The fraction of sp³-hybridized carbons (Fsp3) is 0.333. The maximum atomic E-state index is 13.0. The summed E-state index contributed by atoms with van der Waals surface area (Å²) in [5.41, 5.74) is -0.432. The van der Waals surface area contributed by atoms with Crippen molar-refractivity contribution in [3.63, 3.8) is 0 Å². The average molecular weight is 284 g/mol. The first kappa shape index (κ1) is 14.2. The minimum Gasteiger partial charge on any atom is -0.478 e. The Morgan fingerprint density at radius 2 is 1.85 bits per heavy atom. The largest absolute Gasteiger partial charge is 0.478 e. The van der Waals surface area contributed by atoms with E-state index >= 15 is 0 Å². The molecule has 1 aromatic carbocycles. The molecule has 0 saturated carbocycles. The minimum absolute atomic E-state index is 0.0558. The number of carbonyl (C=O) groups is 2. The van der Waals surface area contributed by atoms with Gasteiger partial charge >= 0.3 is 12.0 Å². The summed E-state index contributed by atoms with van der Waals surface area (Å²) in [4.78, 5) is 24.0. The number of anilines is 1. The molecular formula is C12H13FN2O5. The molecule has 1 aliphatic heterocycles. The third kappa shape index (κ3) is 2.86. The number of aliphatic hydroxyl groups excluding tert-OH is 2. The number of carboxylic acid groups (broad SMARTS) is 1. The van der Waals surface area contributed by atoms with Gasteiger partial charge in [0.1, 0.15) is 5.82 Å². The van der Waals surface area contributed by atoms with Gasteiger partial charge in [-0.3, -0.25) is 0 Å². The highest BCUT2D eigenvalue weighted by Crippen LogP contribution is 2.19. The van der Waals surface area contributed by atoms with E-state index in [1.165, 1.54) is 0 Å². The van der Waals surface area contributed by atoms with Crippen molar-refractivity contribution < 1.29 is 29.3 Å². The molecule has 1 saturated heterocycles. The predicted octanol–water partition coefficient (Wildman–Crippen LogP) is 0.0932. The van der Waals surface area contributed by atoms with Crippen molar-refractivity contribution in [3.8, 4) is 0 Å². The van der Waals surface area contributed by atoms with Gasteiger partial charge in [0.05, 0.1) is 36.5 Å². The van der Waals surface area contributed by atoms with Crippen LogP contribution in [0.1, 0.15) is 10.4 Å². The van der Waals surface area contributed by atoms with Crippen LogP contribution < -0.4 is 5.32 Å². The highest BCUT2D eigenvalue weighted by atomic mass is 19.1. The fourth-order valence-corrected chi connectivity index (χ4v) is 1.93. The monoisotopic (exact) mass is 284 g/mol. The van der Waals surface area contributed by atoms with Gasteiger partial charge in [-0.25, -0.2) is 14.0 Å². The molecule has 2 amide bonds. The molecule has 1 aliphatic rings. The number of hydrogen-bond acceptors (Lipinski definition) is 4. The SMILES string of the molecule is O=C(O)c1cc(F)ccc1NC(=O)N1CC(O)C(O)C1. The number of amides is 2. The standard InChI is InChI=1S/C12H13FN2O5/c13-6-1-2-8(7(3-6)11(18)19)14-12(20)15-4-9(16)10(17)5-15/h1-3,9-10,16-17H,4-5H2,(H,14,20)(H,18,19). The number of nitrogens with zero attached hydrogens (tertiary/aromatic N) is 1. The lowest BCUT2D eigenvalue weighted by atomic mass is 10.1. The van der Waals surface area contributed by atoms with Crippen LogP contribution in [0.3, 0.4) is 0 Å². The number of rotatable bonds is 2. The molecule has 0 aliphatic carbocycles. The molecule has 20 heavy (non-hydrogen) atoms. The normalized spacial score (nSPS) is 21.9. The van der Waals surface area contributed by atoms with Crippen LogP contribution in [0, 0.1) is 5.82 Å². The lowest BCUT2D eigenvalue weighted by molar-refractivity contribution is 0.0572. The van der Waals surface area contributed by atoms with Crippen LogP contribution in [0.25, 0.3) is 0 Å². The molecule has 2 atom stereocenters. The van der Waals surface area contributed by atoms with Gasteiger partial charge in [-0.05, 0) is 18.2 Å². The maximum absolute atomic E-state index is 13.0. The number of carbonyl (C=O) groups excluding carboxylic acids is 1. The van der Waals surface area contributed by atoms with Crippen LogP contribution in [0.2, 0.25) is 0 Å². The van der Waals surface area contributed by atoms with Gasteiger partial charge in [0.2, 0.25) is 0 Å². The van der Waals surface area contributed by atoms with E-state index in [-0.39, 0.29) is 24.3 Å². The van der Waals surface area contributed by atoms with E-state index in [2.05, 4.69) is 5.32 Å². The molecule has 4 N–H and O–H groups in total. The number of hydrogen-bond donors (Lipinski definition) is 4. The summed E-state index contributed by atoms with van der Waals surface area (Å²) in [6.45, 7) is -0.118. The second kappa shape index (κ2) is 5.43. The molecule has 2 rings (SSSR count). The van der Waals surface area contributed by atoms with Gasteiger partial charge in [-0.1, -0.05) is 0 Å². The van der Waals surface area contributed by atoms with Crippen LogP contribution in [0.4, 0.5) is 14.9 Å². The van der Waals surface area contributed by atoms with Crippen molar-refractivity contribution in [2.45, 2.75) is 12.2 Å². The quantitative estimate of drug-likeness (QED) is 0.615. The fourth-order valence-electron chi connectivity index (χ4n) is 1.93. The molecule has 1 aromatic rings. The molecule has 1 fully saturated rings. The first-order chi connectivity index (χ1) is 9.38. The van der Waals surface area contributed by atoms with Crippen LogP contribution in [0.15, 0.2) is 18.2 Å². The smallest absolute Gasteiger partial charge is 0.337 e. The van der Waals surface area contributed by atoms with Gasteiger partial charge in [0, 0.05) is 0 Å². The number of benzene rings is 1. The Balaban J connectivity index is 2.14. The Kier molecular flexibility index (Phi) is 3.86. The van der Waals surface area contributed by atoms with E-state index < -0.39 is 30.0 Å². The van der Waals surface area contributed by atoms with E-state index in [1.807, 2.05) is 0 Å². The molecule has 108 valence electrons. The lowest BCUT2D eigenvalue weighted by Crippen LogP contribution is -2.34. The Morgan fingerprint density at radius 1 is 1.25 bits per heavy atom. The van der Waals surface area contributed by atoms with Crippen molar-refractivity contribution in [1.82, 2.24) is 4.90 Å². The number of carboxylic acids is 1. The summed E-state index contributed by atoms with van der Waals surface area (Å²) in [5.74, 6) is -2.10. The highest BCUT2D eigenvalue weighted by Gasteiger charge is 2.32. The lowest BCUT2D eigenvalue weighted by Gasteiger charge is -2.17. The van der Waals surface area contributed by atoms with Crippen molar-refractivity contribution in [2.24, 2.45) is 0 Å². The summed E-state index contributed by atoms with van der Waals surface area (Å²) in [6.07, 6.45) is -2.07. The Labute approximate surface area is 113 Å². The van der Waals surface area contributed by atoms with Gasteiger partial charge in [0.15, 0.2) is 0 Å². The van der Waals surface area contributed by atoms with Crippen LogP contribution >= 0.6 is 0 Å². The number of aliphatic hydroxyl groups is 2. The topological polar surface area (TPSA) is 110 Å². The van der Waals surface area contributed by atoms with Crippen LogP contribution in [-0.4, -0.2) is 57.5 Å². The van der Waals surface area contributed by atoms with Crippen molar-refractivity contribution in [1.29, 1.82) is 0 Å². The Bertz CT molecular complexity index is 541. The minimum atomic E-state index is -1.37. The van der Waals surface area contributed by atoms with Gasteiger partial charge in [-0.15, -0.1) is 0 Å². The molecule has 2 unspecified atom stereocenters. The zero-order chi connectivity index (χ0) is 14.9. The number of nitrogens with one attached hydrogen (secondary N) is 1. The summed E-state index contributed by atoms with van der Waals surface area (Å²) in [7, 11) is 0. The third-order valence-electron chi connectivity index (χ3n) is 3.00. The van der Waals surface area contributed by atoms with Crippen LogP contribution in [-0.2, 0) is 0 Å². The molecule has 0 aromatic heterocycles. The van der Waals surface area contributed by atoms with E-state index in [0.717, 1.165) is 23.1 Å². The summed E-state index contributed by atoms with van der Waals surface area (Å²) in [6, 6.07) is 2.29. The molecule has 7 nitrogen and oxygen atoms in total. The van der Waals surface area contributed by atoms with Crippen molar-refractivity contribution in [2.75, 3.05) is 18.4 Å². The van der Waals surface area contributed by atoms with E-state index in [4.69, 9.17) is 5.11 Å². The first-order valence-corrected chi connectivity index (χ1v) is 5.83. The number of halogens is 1. The molecular weight excluding hydrogens is 271 g/mol. The van der Waals surface area contributed by atoms with E-state index in [1.54, 1.807) is 0 Å². The second-order valence-corrected chi connectivity index (χ2v) is 4.46. The molecule has 1 heterocycles. The first-order valence-electron chi connectivity index (χ1n) is 5.83. The highest BCUT2D eigenvalue weighted by molar-refractivity contribution is 6.00. The Hall–Kier alpha value is -2.19. The number of aromatic carboxylic acids is 1. The molecule has 0 bridgehead atoms.